The maximum atomic E-state index is 13.3. The van der Waals surface area contributed by atoms with E-state index in [0.29, 0.717) is 22.7 Å². The molecule has 1 aromatic heterocycles. The summed E-state index contributed by atoms with van der Waals surface area (Å²) in [6.07, 6.45) is 0.747. The smallest absolute Gasteiger partial charge is 0.341 e. The number of carbonyl (C=O) groups excluding carboxylic acids is 2. The normalized spacial score (nSPS) is 13.4. The van der Waals surface area contributed by atoms with Gasteiger partial charge in [-0.15, -0.1) is 11.3 Å². The van der Waals surface area contributed by atoms with E-state index in [9.17, 15) is 9.59 Å². The summed E-state index contributed by atoms with van der Waals surface area (Å²) in [5.74, 6) is -0.591. The molecule has 0 bridgehead atoms. The van der Waals surface area contributed by atoms with E-state index in [1.165, 1.54) is 16.9 Å². The Morgan fingerprint density at radius 1 is 1.00 bits per heavy atom. The molecule has 0 radical (unpaired) electrons. The van der Waals surface area contributed by atoms with Crippen LogP contribution in [0, 0.1) is 0 Å². The first-order valence-electron chi connectivity index (χ1n) is 11.5. The second-order valence-corrected chi connectivity index (χ2v) is 9.46. The van der Waals surface area contributed by atoms with Gasteiger partial charge in [0, 0.05) is 30.1 Å². The number of ether oxygens (including phenoxy) is 1. The molecule has 6 heteroatoms. The lowest BCUT2D eigenvalue weighted by Crippen LogP contribution is -2.29. The fourth-order valence-corrected chi connectivity index (χ4v) is 5.81. The number of benzene rings is 3. The number of hydrogen-bond acceptors (Lipinski definition) is 5. The van der Waals surface area contributed by atoms with Crippen LogP contribution in [0.15, 0.2) is 72.8 Å². The molecule has 0 saturated heterocycles. The Hall–Kier alpha value is -3.48. The fraction of sp³-hybridized carbons (Fsp3) is 0.214. The number of hydrogen-bond donors (Lipinski definition) is 1. The Bertz CT molecular complexity index is 1340. The van der Waals surface area contributed by atoms with E-state index in [0.717, 1.165) is 47.3 Å². The number of nitrogens with zero attached hydrogens (tertiary/aromatic N) is 1. The number of fused-ring (bicyclic) bond motifs is 2. The zero-order valence-corrected chi connectivity index (χ0v) is 19.9. The van der Waals surface area contributed by atoms with Gasteiger partial charge in [0.2, 0.25) is 0 Å². The first kappa shape index (κ1) is 22.3. The van der Waals surface area contributed by atoms with E-state index in [4.69, 9.17) is 4.74 Å². The van der Waals surface area contributed by atoms with Gasteiger partial charge in [-0.25, -0.2) is 4.79 Å². The minimum atomic E-state index is -0.371. The molecule has 0 unspecified atom stereocenters. The average Bonchev–Trinajstić information content (AvgIpc) is 3.21. The summed E-state index contributed by atoms with van der Waals surface area (Å²) in [6.45, 7) is 4.53. The molecule has 1 aliphatic heterocycles. The molecule has 0 atom stereocenters. The van der Waals surface area contributed by atoms with E-state index < -0.39 is 0 Å². The van der Waals surface area contributed by atoms with Crippen molar-refractivity contribution >= 4 is 39.0 Å². The number of rotatable bonds is 6. The van der Waals surface area contributed by atoms with Crippen LogP contribution in [0.25, 0.3) is 10.8 Å². The lowest BCUT2D eigenvalue weighted by molar-refractivity contribution is 0.0526. The second-order valence-electron chi connectivity index (χ2n) is 8.36. The Labute approximate surface area is 203 Å². The predicted octanol–water partition coefficient (Wildman–Crippen LogP) is 5.89. The van der Waals surface area contributed by atoms with Gasteiger partial charge >= 0.3 is 5.97 Å². The molecule has 34 heavy (non-hydrogen) atoms. The topological polar surface area (TPSA) is 58.6 Å². The van der Waals surface area contributed by atoms with Crippen molar-refractivity contribution in [1.29, 1.82) is 0 Å². The number of nitrogens with one attached hydrogen (secondary N) is 1. The largest absolute Gasteiger partial charge is 0.462 e. The Kier molecular flexibility index (Phi) is 6.43. The summed E-state index contributed by atoms with van der Waals surface area (Å²) < 4.78 is 5.38. The molecule has 1 amide bonds. The van der Waals surface area contributed by atoms with Crippen LogP contribution in [0.2, 0.25) is 0 Å². The molecule has 0 spiro atoms. The van der Waals surface area contributed by atoms with Gasteiger partial charge < -0.3 is 10.1 Å². The molecule has 2 heterocycles. The second kappa shape index (κ2) is 9.79. The van der Waals surface area contributed by atoms with Crippen molar-refractivity contribution < 1.29 is 14.3 Å². The summed E-state index contributed by atoms with van der Waals surface area (Å²) in [4.78, 5) is 29.7. The van der Waals surface area contributed by atoms with Crippen molar-refractivity contribution in [3.05, 3.63) is 99.9 Å². The predicted molar refractivity (Wildman–Crippen MR) is 136 cm³/mol. The van der Waals surface area contributed by atoms with Crippen molar-refractivity contribution in [2.24, 2.45) is 0 Å². The van der Waals surface area contributed by atoms with E-state index >= 15 is 0 Å². The highest BCUT2D eigenvalue weighted by molar-refractivity contribution is 7.17. The molecule has 1 aliphatic rings. The third-order valence-electron chi connectivity index (χ3n) is 6.13. The summed E-state index contributed by atoms with van der Waals surface area (Å²) in [5, 5.41) is 5.50. The van der Waals surface area contributed by atoms with Crippen LogP contribution in [-0.4, -0.2) is 29.9 Å². The third-order valence-corrected chi connectivity index (χ3v) is 7.26. The summed E-state index contributed by atoms with van der Waals surface area (Å²) in [6, 6.07) is 23.9. The molecule has 3 aromatic carbocycles. The number of esters is 1. The van der Waals surface area contributed by atoms with Crippen LogP contribution < -0.4 is 5.32 Å². The van der Waals surface area contributed by atoms with E-state index in [2.05, 4.69) is 34.5 Å². The molecule has 0 fully saturated rings. The molecular formula is C28H26N2O3S. The summed E-state index contributed by atoms with van der Waals surface area (Å²) in [7, 11) is 0. The molecular weight excluding hydrogens is 444 g/mol. The lowest BCUT2D eigenvalue weighted by Gasteiger charge is -2.27. The maximum Gasteiger partial charge on any atom is 0.341 e. The van der Waals surface area contributed by atoms with Crippen molar-refractivity contribution in [3.63, 3.8) is 0 Å². The van der Waals surface area contributed by atoms with Gasteiger partial charge in [0.05, 0.1) is 12.2 Å². The fourth-order valence-electron chi connectivity index (χ4n) is 4.53. The highest BCUT2D eigenvalue weighted by Crippen LogP contribution is 2.38. The zero-order chi connectivity index (χ0) is 23.5. The quantitative estimate of drug-likeness (QED) is 0.357. The molecule has 5 nitrogen and oxygen atoms in total. The number of anilines is 1. The van der Waals surface area contributed by atoms with Crippen molar-refractivity contribution in [3.8, 4) is 0 Å². The first-order chi connectivity index (χ1) is 16.6. The SMILES string of the molecule is CCOC(=O)c1c(NC(=O)c2cccc3ccccc23)sc2c1CCN(Cc1ccccc1)C2. The monoisotopic (exact) mass is 470 g/mol. The highest BCUT2D eigenvalue weighted by atomic mass is 32.1. The molecule has 0 saturated carbocycles. The minimum absolute atomic E-state index is 0.220. The van der Waals surface area contributed by atoms with E-state index in [-0.39, 0.29) is 11.9 Å². The minimum Gasteiger partial charge on any atom is -0.462 e. The van der Waals surface area contributed by atoms with Gasteiger partial charge in [-0.05, 0) is 41.3 Å². The number of amides is 1. The third kappa shape index (κ3) is 4.47. The van der Waals surface area contributed by atoms with E-state index in [1.54, 1.807) is 6.92 Å². The lowest BCUT2D eigenvalue weighted by atomic mass is 10.0. The van der Waals surface area contributed by atoms with Crippen molar-refractivity contribution in [2.45, 2.75) is 26.4 Å². The number of carbonyl (C=O) groups is 2. The number of thiophene rings is 1. The van der Waals surface area contributed by atoms with Gasteiger partial charge in [0.1, 0.15) is 5.00 Å². The summed E-state index contributed by atoms with van der Waals surface area (Å²) >= 11 is 1.48. The molecule has 172 valence electrons. The molecule has 4 aromatic rings. The molecule has 1 N–H and O–H groups in total. The van der Waals surface area contributed by atoms with Crippen LogP contribution in [0.5, 0.6) is 0 Å². The maximum absolute atomic E-state index is 13.3. The van der Waals surface area contributed by atoms with Gasteiger partial charge in [0.15, 0.2) is 0 Å². The van der Waals surface area contributed by atoms with Gasteiger partial charge in [-0.2, -0.15) is 0 Å². The molecule has 5 rings (SSSR count). The Morgan fingerprint density at radius 3 is 2.59 bits per heavy atom. The van der Waals surface area contributed by atoms with Gasteiger partial charge in [-0.1, -0.05) is 66.7 Å². The van der Waals surface area contributed by atoms with Crippen LogP contribution in [-0.2, 0) is 24.2 Å². The van der Waals surface area contributed by atoms with Crippen molar-refractivity contribution in [2.75, 3.05) is 18.5 Å². The van der Waals surface area contributed by atoms with Crippen LogP contribution in [0.4, 0.5) is 5.00 Å². The van der Waals surface area contributed by atoms with E-state index in [1.807, 2.05) is 48.5 Å². The standard InChI is InChI=1S/C28H26N2O3S/c1-2-33-28(32)25-23-15-16-30(17-19-9-4-3-5-10-19)18-24(23)34-27(25)29-26(31)22-14-8-12-20-11-6-7-13-21(20)22/h3-14H,2,15-18H2,1H3,(H,29,31). The first-order valence-corrected chi connectivity index (χ1v) is 12.3. The van der Waals surface area contributed by atoms with Gasteiger partial charge in [0.25, 0.3) is 5.91 Å². The van der Waals surface area contributed by atoms with Gasteiger partial charge in [-0.3, -0.25) is 9.69 Å². The van der Waals surface area contributed by atoms with Crippen LogP contribution in [0.1, 0.15) is 43.6 Å². The average molecular weight is 471 g/mol. The highest BCUT2D eigenvalue weighted by Gasteiger charge is 2.30. The zero-order valence-electron chi connectivity index (χ0n) is 19.0. The summed E-state index contributed by atoms with van der Waals surface area (Å²) in [5.41, 5.74) is 3.36. The van der Waals surface area contributed by atoms with Crippen LogP contribution in [0.3, 0.4) is 0 Å². The van der Waals surface area contributed by atoms with Crippen molar-refractivity contribution in [1.82, 2.24) is 4.90 Å². The van der Waals surface area contributed by atoms with Crippen LogP contribution >= 0.6 is 11.3 Å². The Balaban J connectivity index is 1.45. The molecule has 0 aliphatic carbocycles. The Morgan fingerprint density at radius 2 is 1.76 bits per heavy atom.